The summed E-state index contributed by atoms with van der Waals surface area (Å²) in [4.78, 5) is 36.6. The lowest BCUT2D eigenvalue weighted by molar-refractivity contribution is -0.115. The van der Waals surface area contributed by atoms with Gasteiger partial charge in [-0.25, -0.2) is 4.68 Å². The molecule has 1 heterocycles. The Morgan fingerprint density at radius 1 is 0.926 bits per heavy atom. The molecule has 0 saturated heterocycles. The Kier molecular flexibility index (Phi) is 5.30. The summed E-state index contributed by atoms with van der Waals surface area (Å²) in [6, 6.07) is 13.7. The Morgan fingerprint density at radius 2 is 1.52 bits per heavy atom. The van der Waals surface area contributed by atoms with Crippen LogP contribution in [0.4, 0.5) is 11.4 Å². The maximum Gasteiger partial charge on any atom is 0.276 e. The van der Waals surface area contributed by atoms with E-state index in [1.165, 1.54) is 4.68 Å². The molecule has 7 nitrogen and oxygen atoms in total. The number of nitrogens with zero attached hydrogens (tertiary/aromatic N) is 2. The van der Waals surface area contributed by atoms with Gasteiger partial charge in [0.05, 0.1) is 5.39 Å². The molecule has 0 aliphatic rings. The van der Waals surface area contributed by atoms with E-state index in [0.717, 1.165) is 0 Å². The van der Waals surface area contributed by atoms with Crippen LogP contribution in [0.1, 0.15) is 30.8 Å². The van der Waals surface area contributed by atoms with Gasteiger partial charge in [0.1, 0.15) is 0 Å². The Bertz CT molecular complexity index is 1060. The van der Waals surface area contributed by atoms with Crippen molar-refractivity contribution >= 4 is 34.0 Å². The summed E-state index contributed by atoms with van der Waals surface area (Å²) in [5.74, 6) is -0.483. The molecule has 0 radical (unpaired) electrons. The zero-order valence-electron chi connectivity index (χ0n) is 15.2. The molecule has 138 valence electrons. The van der Waals surface area contributed by atoms with Crippen molar-refractivity contribution < 1.29 is 9.59 Å². The molecule has 0 unspecified atom stereocenters. The van der Waals surface area contributed by atoms with Crippen LogP contribution in [0.3, 0.4) is 0 Å². The second-order valence-corrected chi connectivity index (χ2v) is 5.95. The van der Waals surface area contributed by atoms with Crippen LogP contribution >= 0.6 is 0 Å². The summed E-state index contributed by atoms with van der Waals surface area (Å²) in [7, 11) is 0. The average Bonchev–Trinajstić information content (AvgIpc) is 2.69. The maximum absolute atomic E-state index is 12.8. The number of hydrogen-bond acceptors (Lipinski definition) is 4. The van der Waals surface area contributed by atoms with E-state index in [4.69, 9.17) is 0 Å². The number of anilines is 2. The first-order chi connectivity index (χ1) is 13.0. The standard InChI is InChI=1S/C20H20N4O3/c1-3-17(25)21-13-9-11-14(12-10-13)22-19(26)18-15-7-5-6-8-16(15)20(27)24(4-2)23-18/h5-12H,3-4H2,1-2H3,(H,21,25)(H,22,26). The highest BCUT2D eigenvalue weighted by Gasteiger charge is 2.16. The first-order valence-electron chi connectivity index (χ1n) is 8.74. The van der Waals surface area contributed by atoms with Crippen LogP contribution in [-0.4, -0.2) is 21.6 Å². The van der Waals surface area contributed by atoms with E-state index >= 15 is 0 Å². The minimum absolute atomic E-state index is 0.0794. The van der Waals surface area contributed by atoms with Crippen LogP contribution in [0.15, 0.2) is 53.3 Å². The van der Waals surface area contributed by atoms with Gasteiger partial charge in [0.25, 0.3) is 11.5 Å². The Hall–Kier alpha value is -3.48. The molecule has 7 heteroatoms. The predicted octanol–water partition coefficient (Wildman–Crippen LogP) is 3.02. The van der Waals surface area contributed by atoms with Crippen molar-refractivity contribution in [3.8, 4) is 0 Å². The summed E-state index contributed by atoms with van der Waals surface area (Å²) in [6.07, 6.45) is 0.393. The fourth-order valence-electron chi connectivity index (χ4n) is 2.69. The van der Waals surface area contributed by atoms with E-state index in [0.29, 0.717) is 35.1 Å². The summed E-state index contributed by atoms with van der Waals surface area (Å²) in [5, 5.41) is 10.7. The molecule has 0 fully saturated rings. The lowest BCUT2D eigenvalue weighted by atomic mass is 10.1. The largest absolute Gasteiger partial charge is 0.326 e. The van der Waals surface area contributed by atoms with Crippen molar-refractivity contribution in [3.63, 3.8) is 0 Å². The number of carbonyl (C=O) groups excluding carboxylic acids is 2. The van der Waals surface area contributed by atoms with Gasteiger partial charge in [-0.3, -0.25) is 14.4 Å². The molecule has 0 aliphatic carbocycles. The minimum atomic E-state index is -0.404. The highest BCUT2D eigenvalue weighted by Crippen LogP contribution is 2.17. The molecule has 27 heavy (non-hydrogen) atoms. The molecule has 2 N–H and O–H groups in total. The Labute approximate surface area is 156 Å². The highest BCUT2D eigenvalue weighted by molar-refractivity contribution is 6.11. The molecule has 2 aromatic carbocycles. The van der Waals surface area contributed by atoms with Gasteiger partial charge in [-0.05, 0) is 37.3 Å². The molecule has 1 aromatic heterocycles. The van der Waals surface area contributed by atoms with Gasteiger partial charge in [-0.1, -0.05) is 25.1 Å². The van der Waals surface area contributed by atoms with Crippen LogP contribution in [0.5, 0.6) is 0 Å². The van der Waals surface area contributed by atoms with Gasteiger partial charge >= 0.3 is 0 Å². The van der Waals surface area contributed by atoms with Gasteiger partial charge in [0.2, 0.25) is 5.91 Å². The van der Waals surface area contributed by atoms with Crippen LogP contribution in [0.2, 0.25) is 0 Å². The Morgan fingerprint density at radius 3 is 2.11 bits per heavy atom. The molecular formula is C20H20N4O3. The summed E-state index contributed by atoms with van der Waals surface area (Å²) in [5.41, 5.74) is 1.19. The summed E-state index contributed by atoms with van der Waals surface area (Å²) in [6.45, 7) is 3.95. The molecule has 0 aliphatic heterocycles. The van der Waals surface area contributed by atoms with Crippen LogP contribution < -0.4 is 16.2 Å². The van der Waals surface area contributed by atoms with E-state index in [1.807, 2.05) is 0 Å². The van der Waals surface area contributed by atoms with Gasteiger partial charge in [-0.2, -0.15) is 5.10 Å². The van der Waals surface area contributed by atoms with E-state index in [2.05, 4.69) is 15.7 Å². The van der Waals surface area contributed by atoms with Gasteiger partial charge in [0, 0.05) is 29.7 Å². The number of amides is 2. The molecule has 0 atom stereocenters. The third-order valence-corrected chi connectivity index (χ3v) is 4.13. The van der Waals surface area contributed by atoms with Crippen molar-refractivity contribution in [1.29, 1.82) is 0 Å². The highest BCUT2D eigenvalue weighted by atomic mass is 16.2. The van der Waals surface area contributed by atoms with E-state index < -0.39 is 5.91 Å². The van der Waals surface area contributed by atoms with Gasteiger partial charge < -0.3 is 10.6 Å². The first-order valence-corrected chi connectivity index (χ1v) is 8.74. The molecule has 2 amide bonds. The van der Waals surface area contributed by atoms with Crippen molar-refractivity contribution in [2.24, 2.45) is 0 Å². The van der Waals surface area contributed by atoms with Crippen molar-refractivity contribution in [2.45, 2.75) is 26.8 Å². The third kappa shape index (κ3) is 3.87. The van der Waals surface area contributed by atoms with Crippen LogP contribution in [-0.2, 0) is 11.3 Å². The first kappa shape index (κ1) is 18.3. The normalized spacial score (nSPS) is 10.6. The zero-order chi connectivity index (χ0) is 19.4. The lowest BCUT2D eigenvalue weighted by Crippen LogP contribution is -2.27. The molecule has 3 aromatic rings. The molecule has 0 saturated carbocycles. The lowest BCUT2D eigenvalue weighted by Gasteiger charge is -2.11. The van der Waals surface area contributed by atoms with E-state index in [1.54, 1.807) is 62.4 Å². The van der Waals surface area contributed by atoms with E-state index in [-0.39, 0.29) is 17.2 Å². The van der Waals surface area contributed by atoms with E-state index in [9.17, 15) is 14.4 Å². The molecule has 0 bridgehead atoms. The second kappa shape index (κ2) is 7.82. The number of benzene rings is 2. The summed E-state index contributed by atoms with van der Waals surface area (Å²) >= 11 is 0. The number of carbonyl (C=O) groups is 2. The molecule has 0 spiro atoms. The number of aryl methyl sites for hydroxylation is 1. The average molecular weight is 364 g/mol. The van der Waals surface area contributed by atoms with Crippen molar-refractivity contribution in [3.05, 3.63) is 64.6 Å². The zero-order valence-corrected chi connectivity index (χ0v) is 15.2. The molecular weight excluding hydrogens is 344 g/mol. The van der Waals surface area contributed by atoms with Gasteiger partial charge in [0.15, 0.2) is 5.69 Å². The number of fused-ring (bicyclic) bond motifs is 1. The van der Waals surface area contributed by atoms with Crippen molar-refractivity contribution in [1.82, 2.24) is 9.78 Å². The summed E-state index contributed by atoms with van der Waals surface area (Å²) < 4.78 is 1.28. The number of hydrogen-bond donors (Lipinski definition) is 2. The predicted molar refractivity (Wildman–Crippen MR) is 105 cm³/mol. The van der Waals surface area contributed by atoms with Crippen LogP contribution in [0.25, 0.3) is 10.8 Å². The number of nitrogens with one attached hydrogen (secondary N) is 2. The van der Waals surface area contributed by atoms with Gasteiger partial charge in [-0.15, -0.1) is 0 Å². The molecule has 3 rings (SSSR count). The number of aromatic nitrogens is 2. The fraction of sp³-hybridized carbons (Fsp3) is 0.200. The maximum atomic E-state index is 12.8. The topological polar surface area (TPSA) is 93.1 Å². The smallest absolute Gasteiger partial charge is 0.276 e. The van der Waals surface area contributed by atoms with Crippen LogP contribution in [0, 0.1) is 0 Å². The number of rotatable bonds is 5. The SMILES string of the molecule is CCC(=O)Nc1ccc(NC(=O)c2nn(CC)c(=O)c3ccccc23)cc1. The third-order valence-electron chi connectivity index (χ3n) is 4.13. The second-order valence-electron chi connectivity index (χ2n) is 5.95. The fourth-order valence-corrected chi connectivity index (χ4v) is 2.69. The van der Waals surface area contributed by atoms with Crippen molar-refractivity contribution in [2.75, 3.05) is 10.6 Å². The monoisotopic (exact) mass is 364 g/mol. The Balaban J connectivity index is 1.89. The quantitative estimate of drug-likeness (QED) is 0.728. The minimum Gasteiger partial charge on any atom is -0.326 e.